The fourth-order valence-electron chi connectivity index (χ4n) is 3.63. The summed E-state index contributed by atoms with van der Waals surface area (Å²) in [6, 6.07) is 12.5. The summed E-state index contributed by atoms with van der Waals surface area (Å²) in [5.74, 6) is 0.182. The van der Waals surface area contributed by atoms with Gasteiger partial charge < -0.3 is 19.9 Å². The number of rotatable bonds is 8. The van der Waals surface area contributed by atoms with Crippen molar-refractivity contribution in [1.82, 2.24) is 5.32 Å². The van der Waals surface area contributed by atoms with Crippen molar-refractivity contribution in [3.8, 4) is 11.5 Å². The molecule has 0 saturated heterocycles. The third-order valence-electron chi connectivity index (χ3n) is 5.22. The molecule has 0 aromatic heterocycles. The lowest BCUT2D eigenvalue weighted by molar-refractivity contribution is -0.137. The second-order valence-electron chi connectivity index (χ2n) is 7.07. The van der Waals surface area contributed by atoms with Gasteiger partial charge in [-0.3, -0.25) is 9.59 Å². The van der Waals surface area contributed by atoms with Crippen LogP contribution in [0.2, 0.25) is 0 Å². The van der Waals surface area contributed by atoms with Crippen LogP contribution < -0.4 is 14.8 Å². The monoisotopic (exact) mass is 383 g/mol. The van der Waals surface area contributed by atoms with Crippen molar-refractivity contribution in [3.05, 3.63) is 59.2 Å². The number of hydrogen-bond donors (Lipinski definition) is 2. The second-order valence-corrected chi connectivity index (χ2v) is 7.07. The van der Waals surface area contributed by atoms with Crippen molar-refractivity contribution in [3.63, 3.8) is 0 Å². The van der Waals surface area contributed by atoms with E-state index in [1.165, 1.54) is 0 Å². The highest BCUT2D eigenvalue weighted by molar-refractivity contribution is 5.84. The zero-order valence-electron chi connectivity index (χ0n) is 16.3. The Morgan fingerprint density at radius 3 is 2.57 bits per heavy atom. The number of nitrogens with one attached hydrogen (secondary N) is 1. The van der Waals surface area contributed by atoms with Crippen molar-refractivity contribution in [2.75, 3.05) is 14.2 Å². The van der Waals surface area contributed by atoms with Crippen molar-refractivity contribution in [1.29, 1.82) is 0 Å². The number of carboxylic acids is 1. The van der Waals surface area contributed by atoms with Gasteiger partial charge in [0.2, 0.25) is 5.91 Å². The molecule has 0 aliphatic heterocycles. The highest BCUT2D eigenvalue weighted by atomic mass is 16.5. The minimum Gasteiger partial charge on any atom is -0.497 e. The van der Waals surface area contributed by atoms with E-state index < -0.39 is 12.0 Å². The van der Waals surface area contributed by atoms with Gasteiger partial charge in [0.15, 0.2) is 0 Å². The van der Waals surface area contributed by atoms with Crippen LogP contribution >= 0.6 is 0 Å². The Labute approximate surface area is 164 Å². The summed E-state index contributed by atoms with van der Waals surface area (Å²) < 4.78 is 10.7. The summed E-state index contributed by atoms with van der Waals surface area (Å²) in [6.45, 7) is 1.91. The molecule has 1 fully saturated rings. The van der Waals surface area contributed by atoms with E-state index in [9.17, 15) is 14.7 Å². The normalized spacial score (nSPS) is 18.8. The van der Waals surface area contributed by atoms with Gasteiger partial charge in [-0.15, -0.1) is 0 Å². The van der Waals surface area contributed by atoms with Crippen LogP contribution in [0.3, 0.4) is 0 Å². The van der Waals surface area contributed by atoms with Crippen molar-refractivity contribution < 1.29 is 24.2 Å². The van der Waals surface area contributed by atoms with Crippen LogP contribution in [0.1, 0.15) is 41.5 Å². The van der Waals surface area contributed by atoms with Gasteiger partial charge in [0.25, 0.3) is 0 Å². The van der Waals surface area contributed by atoms with Crippen LogP contribution in [0, 0.1) is 12.8 Å². The maximum atomic E-state index is 12.8. The van der Waals surface area contributed by atoms with Crippen LogP contribution in [0.25, 0.3) is 0 Å². The van der Waals surface area contributed by atoms with Crippen molar-refractivity contribution in [2.24, 2.45) is 5.92 Å². The highest BCUT2D eigenvalue weighted by Crippen LogP contribution is 2.51. The van der Waals surface area contributed by atoms with E-state index in [4.69, 9.17) is 9.47 Å². The number of carbonyl (C=O) groups is 2. The number of ether oxygens (including phenoxy) is 2. The predicted octanol–water partition coefficient (Wildman–Crippen LogP) is 3.45. The Balaban J connectivity index is 1.76. The number of hydrogen-bond acceptors (Lipinski definition) is 4. The lowest BCUT2D eigenvalue weighted by Crippen LogP contribution is -2.32. The molecular formula is C22H25NO5. The number of carbonyl (C=O) groups excluding carboxylic acids is 1. The summed E-state index contributed by atoms with van der Waals surface area (Å²) in [5.41, 5.74) is 2.72. The molecule has 0 bridgehead atoms. The lowest BCUT2D eigenvalue weighted by Gasteiger charge is -2.19. The first-order chi connectivity index (χ1) is 13.4. The third kappa shape index (κ3) is 4.27. The lowest BCUT2D eigenvalue weighted by atomic mass is 9.98. The molecule has 1 aliphatic carbocycles. The Hall–Kier alpha value is -3.02. The molecule has 6 heteroatoms. The Morgan fingerprint density at radius 1 is 1.18 bits per heavy atom. The smallest absolute Gasteiger partial charge is 0.305 e. The van der Waals surface area contributed by atoms with Gasteiger partial charge in [-0.25, -0.2) is 0 Å². The van der Waals surface area contributed by atoms with E-state index in [1.807, 2.05) is 49.4 Å². The quantitative estimate of drug-likeness (QED) is 0.729. The van der Waals surface area contributed by atoms with E-state index >= 15 is 0 Å². The Bertz CT molecular complexity index is 879. The summed E-state index contributed by atoms with van der Waals surface area (Å²) >= 11 is 0. The number of benzene rings is 2. The minimum atomic E-state index is -0.949. The summed E-state index contributed by atoms with van der Waals surface area (Å²) in [6.07, 6.45) is 0.541. The minimum absolute atomic E-state index is 0.0346. The first kappa shape index (κ1) is 19.7. The van der Waals surface area contributed by atoms with Gasteiger partial charge in [0.05, 0.1) is 26.7 Å². The molecule has 1 amide bonds. The van der Waals surface area contributed by atoms with Gasteiger partial charge in [-0.05, 0) is 42.7 Å². The molecule has 2 aromatic rings. The molecule has 1 aliphatic rings. The molecule has 0 heterocycles. The van der Waals surface area contributed by atoms with Gasteiger partial charge in [0.1, 0.15) is 11.5 Å². The number of methoxy groups -OCH3 is 2. The summed E-state index contributed by atoms with van der Waals surface area (Å²) in [5, 5.41) is 12.2. The molecule has 3 atom stereocenters. The molecule has 0 radical (unpaired) electrons. The van der Waals surface area contributed by atoms with Crippen LogP contribution in [-0.4, -0.2) is 31.2 Å². The molecule has 28 heavy (non-hydrogen) atoms. The van der Waals surface area contributed by atoms with E-state index in [-0.39, 0.29) is 24.2 Å². The number of carboxylic acid groups (broad SMARTS) is 1. The maximum absolute atomic E-state index is 12.8. The fraction of sp³-hybridized carbons (Fsp3) is 0.364. The first-order valence-corrected chi connectivity index (χ1v) is 9.24. The molecule has 1 saturated carbocycles. The average molecular weight is 383 g/mol. The third-order valence-corrected chi connectivity index (χ3v) is 5.22. The number of aliphatic carboxylic acids is 1. The molecule has 3 rings (SSSR count). The van der Waals surface area contributed by atoms with Gasteiger partial charge in [-0.2, -0.15) is 0 Å². The molecular weight excluding hydrogens is 358 g/mol. The average Bonchev–Trinajstić information content (AvgIpc) is 3.48. The summed E-state index contributed by atoms with van der Waals surface area (Å²) in [4.78, 5) is 24.2. The van der Waals surface area contributed by atoms with Gasteiger partial charge in [-0.1, -0.05) is 24.3 Å². The van der Waals surface area contributed by atoms with E-state index in [0.29, 0.717) is 12.2 Å². The van der Waals surface area contributed by atoms with Crippen LogP contribution in [-0.2, 0) is 9.59 Å². The van der Waals surface area contributed by atoms with Crippen LogP contribution in [0.15, 0.2) is 42.5 Å². The van der Waals surface area contributed by atoms with Crippen molar-refractivity contribution in [2.45, 2.75) is 31.7 Å². The molecule has 148 valence electrons. The molecule has 3 unspecified atom stereocenters. The second kappa shape index (κ2) is 8.33. The summed E-state index contributed by atoms with van der Waals surface area (Å²) in [7, 11) is 3.20. The maximum Gasteiger partial charge on any atom is 0.305 e. The van der Waals surface area contributed by atoms with Crippen LogP contribution in [0.4, 0.5) is 0 Å². The largest absolute Gasteiger partial charge is 0.497 e. The number of aryl methyl sites for hydroxylation is 1. The zero-order valence-corrected chi connectivity index (χ0v) is 16.3. The molecule has 0 spiro atoms. The first-order valence-electron chi connectivity index (χ1n) is 9.24. The molecule has 2 N–H and O–H groups in total. The van der Waals surface area contributed by atoms with Gasteiger partial charge >= 0.3 is 5.97 Å². The fourth-order valence-corrected chi connectivity index (χ4v) is 3.63. The van der Waals surface area contributed by atoms with Crippen molar-refractivity contribution >= 4 is 11.9 Å². The topological polar surface area (TPSA) is 84.9 Å². The zero-order chi connectivity index (χ0) is 20.3. The molecule has 2 aromatic carbocycles. The van der Waals surface area contributed by atoms with Gasteiger partial charge in [0, 0.05) is 17.4 Å². The van der Waals surface area contributed by atoms with E-state index in [2.05, 4.69) is 5.32 Å². The molecule has 6 nitrogen and oxygen atoms in total. The standard InChI is InChI=1S/C22H25NO5/c1-13-6-4-5-7-15(13)19(12-21(24)25)23-22(26)18-11-16(18)17-10-14(27-2)8-9-20(17)28-3/h4-10,16,18-19H,11-12H2,1-3H3,(H,23,26)(H,24,25). The Kier molecular flexibility index (Phi) is 5.87. The van der Waals surface area contributed by atoms with E-state index in [1.54, 1.807) is 14.2 Å². The van der Waals surface area contributed by atoms with Crippen LogP contribution in [0.5, 0.6) is 11.5 Å². The van der Waals surface area contributed by atoms with E-state index in [0.717, 1.165) is 22.4 Å². The number of amides is 1. The SMILES string of the molecule is COc1ccc(OC)c(C2CC2C(=O)NC(CC(=O)O)c2ccccc2C)c1. The highest BCUT2D eigenvalue weighted by Gasteiger charge is 2.46. The predicted molar refractivity (Wildman–Crippen MR) is 105 cm³/mol. The Morgan fingerprint density at radius 2 is 1.93 bits per heavy atom.